The van der Waals surface area contributed by atoms with E-state index in [1.165, 1.54) is 0 Å². The van der Waals surface area contributed by atoms with Gasteiger partial charge in [0.2, 0.25) is 5.91 Å². The molecule has 2 aromatic rings. The summed E-state index contributed by atoms with van der Waals surface area (Å²) < 4.78 is 5.13. The first-order chi connectivity index (χ1) is 14.0. The van der Waals surface area contributed by atoms with Gasteiger partial charge in [0.15, 0.2) is 0 Å². The third kappa shape index (κ3) is 3.15. The third-order valence-electron chi connectivity index (χ3n) is 6.29. The molecule has 8 heteroatoms. The number of aromatic amines is 1. The van der Waals surface area contributed by atoms with E-state index in [0.717, 1.165) is 47.7 Å². The number of hydrogen-bond acceptors (Lipinski definition) is 6. The topological polar surface area (TPSA) is 98.1 Å². The van der Waals surface area contributed by atoms with Crippen molar-refractivity contribution in [3.05, 3.63) is 40.6 Å². The minimum Gasteiger partial charge on any atom is -0.375 e. The number of hydrogen-bond donors (Lipinski definition) is 1. The Balaban J connectivity index is 1.65. The van der Waals surface area contributed by atoms with Crippen LogP contribution in [0.5, 0.6) is 0 Å². The molecule has 0 aliphatic carbocycles. The number of methoxy groups -OCH3 is 1. The van der Waals surface area contributed by atoms with Crippen LogP contribution in [0.2, 0.25) is 0 Å². The van der Waals surface area contributed by atoms with Crippen LogP contribution in [0.15, 0.2) is 12.4 Å². The summed E-state index contributed by atoms with van der Waals surface area (Å²) in [6, 6.07) is 4.19. The Kier molecular flexibility index (Phi) is 5.01. The average molecular weight is 394 g/mol. The van der Waals surface area contributed by atoms with Gasteiger partial charge >= 0.3 is 0 Å². The number of amides is 1. The van der Waals surface area contributed by atoms with E-state index in [1.54, 1.807) is 13.4 Å². The molecule has 1 spiro atoms. The molecule has 0 radical (unpaired) electrons. The number of carbonyl (C=O) groups excluding carboxylic acids is 1. The number of H-pyrrole nitrogens is 1. The normalized spacial score (nSPS) is 17.9. The molecule has 2 aliphatic heterocycles. The highest BCUT2D eigenvalue weighted by Gasteiger charge is 2.48. The smallest absolute Gasteiger partial charge is 0.249 e. The van der Waals surface area contributed by atoms with E-state index in [-0.39, 0.29) is 12.5 Å². The number of aromatic nitrogens is 3. The molecule has 1 N–H and O–H groups in total. The fourth-order valence-electron chi connectivity index (χ4n) is 4.65. The fourth-order valence-corrected chi connectivity index (χ4v) is 4.65. The maximum atomic E-state index is 12.8. The van der Waals surface area contributed by atoms with Crippen LogP contribution in [-0.4, -0.2) is 59.1 Å². The Bertz CT molecular complexity index is 968. The van der Waals surface area contributed by atoms with Crippen LogP contribution >= 0.6 is 0 Å². The van der Waals surface area contributed by atoms with E-state index >= 15 is 0 Å². The summed E-state index contributed by atoms with van der Waals surface area (Å²) in [5.74, 6) is 0.731. The van der Waals surface area contributed by atoms with Crippen LogP contribution in [-0.2, 0) is 21.5 Å². The van der Waals surface area contributed by atoms with E-state index in [1.807, 2.05) is 24.8 Å². The summed E-state index contributed by atoms with van der Waals surface area (Å²) in [6.45, 7) is 6.07. The lowest BCUT2D eigenvalue weighted by Gasteiger charge is -2.50. The van der Waals surface area contributed by atoms with E-state index in [0.29, 0.717) is 25.2 Å². The zero-order valence-corrected chi connectivity index (χ0v) is 17.2. The molecule has 4 heterocycles. The molecule has 4 rings (SSSR count). The van der Waals surface area contributed by atoms with Crippen LogP contribution in [0, 0.1) is 25.2 Å². The summed E-state index contributed by atoms with van der Waals surface area (Å²) in [5.41, 5.74) is 4.20. The number of aryl methyl sites for hydroxylation is 2. The first-order valence-electron chi connectivity index (χ1n) is 9.95. The Hall–Kier alpha value is -2.92. The van der Waals surface area contributed by atoms with Crippen LogP contribution in [0.3, 0.4) is 0 Å². The number of anilines is 1. The lowest BCUT2D eigenvalue weighted by atomic mass is 9.78. The van der Waals surface area contributed by atoms with Gasteiger partial charge in [0.05, 0.1) is 23.1 Å². The van der Waals surface area contributed by atoms with Gasteiger partial charge < -0.3 is 19.5 Å². The van der Waals surface area contributed by atoms with Crippen molar-refractivity contribution in [3.8, 4) is 6.07 Å². The Morgan fingerprint density at radius 1 is 1.34 bits per heavy atom. The van der Waals surface area contributed by atoms with Gasteiger partial charge in [0, 0.05) is 44.6 Å². The second-order valence-electron chi connectivity index (χ2n) is 7.85. The molecule has 0 atom stereocenters. The number of piperidine rings is 1. The van der Waals surface area contributed by atoms with Gasteiger partial charge in [0.1, 0.15) is 18.5 Å². The molecular weight excluding hydrogens is 368 g/mol. The van der Waals surface area contributed by atoms with Gasteiger partial charge in [0.25, 0.3) is 0 Å². The van der Waals surface area contributed by atoms with Crippen LogP contribution < -0.4 is 4.90 Å². The first-order valence-corrected chi connectivity index (χ1v) is 9.95. The standard InChI is InChI=1S/C21H26N6O2/c1-14-10-16(11-22)20(25-15(14)2)26-8-5-21(6-9-26)19-17(23-13-24-19)4-7-27(21)18(28)12-29-3/h10,13H,4-9,12H2,1-3H3,(H,23,24). The van der Waals surface area contributed by atoms with Crippen LogP contribution in [0.4, 0.5) is 5.82 Å². The number of nitrogens with one attached hydrogen (secondary N) is 1. The van der Waals surface area contributed by atoms with Crippen molar-refractivity contribution in [1.82, 2.24) is 19.9 Å². The molecule has 2 aliphatic rings. The SMILES string of the molecule is COCC(=O)N1CCc2[nH]cnc2C12CCN(c1nc(C)c(C)cc1C#N)CC2. The van der Waals surface area contributed by atoms with Crippen molar-refractivity contribution in [2.75, 3.05) is 38.3 Å². The molecule has 1 amide bonds. The number of fused-ring (bicyclic) bond motifs is 2. The quantitative estimate of drug-likeness (QED) is 0.853. The Morgan fingerprint density at radius 2 is 2.10 bits per heavy atom. The fraction of sp³-hybridized carbons (Fsp3) is 0.524. The van der Waals surface area contributed by atoms with E-state index in [2.05, 4.69) is 20.9 Å². The lowest BCUT2D eigenvalue weighted by Crippen LogP contribution is -2.59. The molecule has 1 fully saturated rings. The predicted octanol–water partition coefficient (Wildman–Crippen LogP) is 1.82. The Labute approximate surface area is 170 Å². The second kappa shape index (κ2) is 7.48. The predicted molar refractivity (Wildman–Crippen MR) is 107 cm³/mol. The molecule has 8 nitrogen and oxygen atoms in total. The zero-order chi connectivity index (χ0) is 20.6. The van der Waals surface area contributed by atoms with Crippen molar-refractivity contribution in [1.29, 1.82) is 5.26 Å². The number of ether oxygens (including phenoxy) is 1. The highest BCUT2D eigenvalue weighted by Crippen LogP contribution is 2.43. The maximum Gasteiger partial charge on any atom is 0.249 e. The minimum absolute atomic E-state index is 0.00313. The number of nitrogens with zero attached hydrogens (tertiary/aromatic N) is 5. The largest absolute Gasteiger partial charge is 0.375 e. The number of nitriles is 1. The van der Waals surface area contributed by atoms with E-state index in [4.69, 9.17) is 9.72 Å². The molecule has 0 saturated carbocycles. The highest BCUT2D eigenvalue weighted by atomic mass is 16.5. The third-order valence-corrected chi connectivity index (χ3v) is 6.29. The van der Waals surface area contributed by atoms with Crippen molar-refractivity contribution >= 4 is 11.7 Å². The monoisotopic (exact) mass is 394 g/mol. The maximum absolute atomic E-state index is 12.8. The molecule has 1 saturated heterocycles. The summed E-state index contributed by atoms with van der Waals surface area (Å²) >= 11 is 0. The van der Waals surface area contributed by atoms with Crippen molar-refractivity contribution < 1.29 is 9.53 Å². The van der Waals surface area contributed by atoms with Crippen LogP contribution in [0.25, 0.3) is 0 Å². The van der Waals surface area contributed by atoms with Gasteiger partial charge in [-0.15, -0.1) is 0 Å². The van der Waals surface area contributed by atoms with Gasteiger partial charge in [-0.25, -0.2) is 9.97 Å². The molecule has 0 aromatic carbocycles. The summed E-state index contributed by atoms with van der Waals surface area (Å²) in [5, 5.41) is 9.59. The van der Waals surface area contributed by atoms with Gasteiger partial charge in [-0.3, -0.25) is 4.79 Å². The lowest BCUT2D eigenvalue weighted by molar-refractivity contribution is -0.144. The second-order valence-corrected chi connectivity index (χ2v) is 7.85. The molecule has 29 heavy (non-hydrogen) atoms. The molecule has 0 unspecified atom stereocenters. The Morgan fingerprint density at radius 3 is 2.79 bits per heavy atom. The van der Waals surface area contributed by atoms with Gasteiger partial charge in [-0.2, -0.15) is 5.26 Å². The van der Waals surface area contributed by atoms with Gasteiger partial charge in [-0.1, -0.05) is 0 Å². The average Bonchev–Trinajstić information content (AvgIpc) is 3.21. The van der Waals surface area contributed by atoms with E-state index < -0.39 is 5.54 Å². The van der Waals surface area contributed by atoms with Crippen molar-refractivity contribution in [3.63, 3.8) is 0 Å². The number of pyridine rings is 1. The van der Waals surface area contributed by atoms with Crippen molar-refractivity contribution in [2.45, 2.75) is 38.6 Å². The summed E-state index contributed by atoms with van der Waals surface area (Å²) in [7, 11) is 1.55. The number of imidazole rings is 1. The minimum atomic E-state index is -0.438. The number of carbonyl (C=O) groups is 1. The molecular formula is C21H26N6O2. The van der Waals surface area contributed by atoms with Gasteiger partial charge in [-0.05, 0) is 38.3 Å². The highest BCUT2D eigenvalue weighted by molar-refractivity contribution is 5.79. The summed E-state index contributed by atoms with van der Waals surface area (Å²) in [6.07, 6.45) is 3.97. The van der Waals surface area contributed by atoms with Crippen molar-refractivity contribution in [2.24, 2.45) is 0 Å². The molecule has 2 aromatic heterocycles. The van der Waals surface area contributed by atoms with Crippen LogP contribution in [0.1, 0.15) is 41.1 Å². The zero-order valence-electron chi connectivity index (χ0n) is 17.2. The van der Waals surface area contributed by atoms with E-state index in [9.17, 15) is 10.1 Å². The summed E-state index contributed by atoms with van der Waals surface area (Å²) in [4.78, 5) is 29.5. The molecule has 0 bridgehead atoms. The molecule has 152 valence electrons. The first kappa shape index (κ1) is 19.4. The number of rotatable bonds is 3.